The smallest absolute Gasteiger partial charge is 0.327 e. The van der Waals surface area contributed by atoms with Gasteiger partial charge in [-0.15, -0.1) is 0 Å². The largest absolute Gasteiger partial charge is 0.424 e. The fourth-order valence-electron chi connectivity index (χ4n) is 2.86. The number of fused-ring (bicyclic) bond motifs is 1. The van der Waals surface area contributed by atoms with Crippen LogP contribution >= 0.6 is 23.2 Å². The molecule has 2 aromatic heterocycles. The number of carbonyl (C=O) groups is 2. The summed E-state index contributed by atoms with van der Waals surface area (Å²) in [6.45, 7) is 0. The van der Waals surface area contributed by atoms with Crippen molar-refractivity contribution in [2.75, 3.05) is 5.32 Å². The number of carbonyl (C=O) groups excluding carboxylic acids is 2. The fourth-order valence-corrected chi connectivity index (χ4v) is 3.36. The molecule has 30 heavy (non-hydrogen) atoms. The van der Waals surface area contributed by atoms with Gasteiger partial charge in [-0.1, -0.05) is 23.2 Å². The second-order valence-electron chi connectivity index (χ2n) is 6.76. The summed E-state index contributed by atoms with van der Waals surface area (Å²) >= 11 is 12.1. The standard InChI is InChI=1S/C18H13Cl2N7O3/c19-9-4-10(20)6-12(5-9)30-18-24-14-8(3-13-15(28)25-17(29)23-13)7-21-27(14)16(26-18)22-11-1-2-11/h3-7,11H,1-2H2,(H,22,24,26)(H2,23,25,28,29)/b13-3-. The van der Waals surface area contributed by atoms with Crippen LogP contribution in [0.1, 0.15) is 18.4 Å². The minimum atomic E-state index is -0.588. The van der Waals surface area contributed by atoms with Gasteiger partial charge in [-0.05, 0) is 37.1 Å². The summed E-state index contributed by atoms with van der Waals surface area (Å²) in [7, 11) is 0. The number of anilines is 1. The highest BCUT2D eigenvalue weighted by Gasteiger charge is 2.26. The van der Waals surface area contributed by atoms with Gasteiger partial charge in [0.25, 0.3) is 5.91 Å². The van der Waals surface area contributed by atoms with Crippen molar-refractivity contribution >= 4 is 52.8 Å². The third-order valence-electron chi connectivity index (χ3n) is 4.35. The van der Waals surface area contributed by atoms with Crippen molar-refractivity contribution in [3.05, 3.63) is 45.7 Å². The van der Waals surface area contributed by atoms with Gasteiger partial charge in [0, 0.05) is 21.7 Å². The van der Waals surface area contributed by atoms with E-state index in [-0.39, 0.29) is 11.7 Å². The van der Waals surface area contributed by atoms with Crippen molar-refractivity contribution in [2.45, 2.75) is 18.9 Å². The Morgan fingerprint density at radius 3 is 2.57 bits per heavy atom. The van der Waals surface area contributed by atoms with Crippen LogP contribution in [0.15, 0.2) is 30.1 Å². The Morgan fingerprint density at radius 1 is 1.13 bits per heavy atom. The minimum Gasteiger partial charge on any atom is -0.424 e. The van der Waals surface area contributed by atoms with E-state index in [0.29, 0.717) is 39.0 Å². The second kappa shape index (κ2) is 7.15. The molecule has 2 fully saturated rings. The number of amides is 3. The number of nitrogens with one attached hydrogen (secondary N) is 3. The average Bonchev–Trinajstić information content (AvgIpc) is 3.30. The maximum absolute atomic E-state index is 11.9. The molecule has 1 aliphatic heterocycles. The Bertz CT molecular complexity index is 1220. The molecule has 1 saturated carbocycles. The summed E-state index contributed by atoms with van der Waals surface area (Å²) in [5, 5.41) is 13.0. The third-order valence-corrected chi connectivity index (χ3v) is 4.79. The SMILES string of the molecule is O=C1NC(=O)/C(=C/c2cnn3c(NC4CC4)nc(Oc4cc(Cl)cc(Cl)c4)nc23)N1. The molecule has 0 radical (unpaired) electrons. The Morgan fingerprint density at radius 2 is 1.90 bits per heavy atom. The molecule has 5 rings (SSSR count). The molecule has 1 saturated heterocycles. The number of halogens is 2. The first-order chi connectivity index (χ1) is 14.4. The Balaban J connectivity index is 1.58. The zero-order chi connectivity index (χ0) is 20.8. The summed E-state index contributed by atoms with van der Waals surface area (Å²) in [5.74, 6) is 0.279. The molecule has 0 atom stereocenters. The predicted molar refractivity (Wildman–Crippen MR) is 109 cm³/mol. The number of hydrogen-bond acceptors (Lipinski definition) is 7. The Labute approximate surface area is 179 Å². The lowest BCUT2D eigenvalue weighted by molar-refractivity contribution is -0.115. The summed E-state index contributed by atoms with van der Waals surface area (Å²) in [5.41, 5.74) is 0.976. The van der Waals surface area contributed by atoms with Gasteiger partial charge in [-0.3, -0.25) is 10.1 Å². The number of benzene rings is 1. The van der Waals surface area contributed by atoms with E-state index in [1.165, 1.54) is 16.8 Å². The molecule has 3 aromatic rings. The molecule has 0 unspecified atom stereocenters. The van der Waals surface area contributed by atoms with Gasteiger partial charge in [0.05, 0.1) is 6.20 Å². The highest BCUT2D eigenvalue weighted by molar-refractivity contribution is 6.34. The molecule has 1 aliphatic carbocycles. The van der Waals surface area contributed by atoms with E-state index in [9.17, 15) is 9.59 Å². The van der Waals surface area contributed by atoms with Crippen molar-refractivity contribution in [1.82, 2.24) is 30.2 Å². The predicted octanol–water partition coefficient (Wildman–Crippen LogP) is 2.98. The van der Waals surface area contributed by atoms with Crippen LogP contribution in [0.5, 0.6) is 11.8 Å². The number of ether oxygens (including phenoxy) is 1. The van der Waals surface area contributed by atoms with Crippen LogP contribution in [0.25, 0.3) is 11.7 Å². The third kappa shape index (κ3) is 3.74. The summed E-state index contributed by atoms with van der Waals surface area (Å²) in [6, 6.07) is 4.52. The van der Waals surface area contributed by atoms with Gasteiger partial charge < -0.3 is 15.4 Å². The number of rotatable bonds is 5. The van der Waals surface area contributed by atoms with Gasteiger partial charge in [0.2, 0.25) is 5.95 Å². The number of nitrogens with zero attached hydrogens (tertiary/aromatic N) is 4. The lowest BCUT2D eigenvalue weighted by Crippen LogP contribution is -2.22. The summed E-state index contributed by atoms with van der Waals surface area (Å²) in [4.78, 5) is 32.0. The topological polar surface area (TPSA) is 123 Å². The molecule has 2 aliphatic rings. The average molecular weight is 446 g/mol. The maximum atomic E-state index is 11.9. The van der Waals surface area contributed by atoms with Gasteiger partial charge >= 0.3 is 12.0 Å². The maximum Gasteiger partial charge on any atom is 0.327 e. The van der Waals surface area contributed by atoms with Crippen LogP contribution in [-0.2, 0) is 4.79 Å². The molecule has 3 heterocycles. The quantitative estimate of drug-likeness (QED) is 0.407. The van der Waals surface area contributed by atoms with Crippen molar-refractivity contribution < 1.29 is 14.3 Å². The minimum absolute atomic E-state index is 0.0454. The monoisotopic (exact) mass is 445 g/mol. The number of imide groups is 1. The highest BCUT2D eigenvalue weighted by atomic mass is 35.5. The van der Waals surface area contributed by atoms with Crippen LogP contribution in [0, 0.1) is 0 Å². The Kier molecular flexibility index (Phi) is 4.44. The zero-order valence-corrected chi connectivity index (χ0v) is 16.7. The molecule has 12 heteroatoms. The van der Waals surface area contributed by atoms with E-state index in [2.05, 4.69) is 31.0 Å². The van der Waals surface area contributed by atoms with E-state index in [0.717, 1.165) is 12.8 Å². The first-order valence-electron chi connectivity index (χ1n) is 8.95. The van der Waals surface area contributed by atoms with Crippen LogP contribution in [0.2, 0.25) is 10.0 Å². The number of aromatic nitrogens is 4. The summed E-state index contributed by atoms with van der Waals surface area (Å²) in [6.07, 6.45) is 5.05. The molecular formula is C18H13Cl2N7O3. The summed E-state index contributed by atoms with van der Waals surface area (Å²) < 4.78 is 7.29. The molecule has 0 bridgehead atoms. The van der Waals surface area contributed by atoms with E-state index in [1.54, 1.807) is 18.2 Å². The molecule has 1 aromatic carbocycles. The fraction of sp³-hybridized carbons (Fsp3) is 0.167. The Hall–Kier alpha value is -3.37. The normalized spacial score (nSPS) is 17.3. The van der Waals surface area contributed by atoms with E-state index in [4.69, 9.17) is 27.9 Å². The van der Waals surface area contributed by atoms with Crippen molar-refractivity contribution in [3.8, 4) is 11.8 Å². The first-order valence-corrected chi connectivity index (χ1v) is 9.70. The number of urea groups is 1. The van der Waals surface area contributed by atoms with Crippen molar-refractivity contribution in [1.29, 1.82) is 0 Å². The van der Waals surface area contributed by atoms with Crippen LogP contribution in [0.4, 0.5) is 10.7 Å². The van der Waals surface area contributed by atoms with E-state index < -0.39 is 11.9 Å². The molecule has 10 nitrogen and oxygen atoms in total. The molecule has 3 amide bonds. The van der Waals surface area contributed by atoms with Gasteiger partial charge in [-0.2, -0.15) is 19.6 Å². The van der Waals surface area contributed by atoms with Gasteiger partial charge in [0.15, 0.2) is 5.65 Å². The lowest BCUT2D eigenvalue weighted by Gasteiger charge is -2.10. The highest BCUT2D eigenvalue weighted by Crippen LogP contribution is 2.30. The molecule has 0 spiro atoms. The van der Waals surface area contributed by atoms with Crippen LogP contribution in [0.3, 0.4) is 0 Å². The van der Waals surface area contributed by atoms with E-state index >= 15 is 0 Å². The van der Waals surface area contributed by atoms with Gasteiger partial charge in [0.1, 0.15) is 11.4 Å². The van der Waals surface area contributed by atoms with Crippen molar-refractivity contribution in [3.63, 3.8) is 0 Å². The van der Waals surface area contributed by atoms with Crippen LogP contribution < -0.4 is 20.7 Å². The number of hydrogen-bond donors (Lipinski definition) is 3. The first kappa shape index (κ1) is 18.6. The van der Waals surface area contributed by atoms with Crippen LogP contribution in [-0.4, -0.2) is 37.6 Å². The zero-order valence-electron chi connectivity index (χ0n) is 15.1. The molecule has 152 valence electrons. The lowest BCUT2D eigenvalue weighted by atomic mass is 10.2. The van der Waals surface area contributed by atoms with Crippen molar-refractivity contribution in [2.24, 2.45) is 0 Å². The molecular weight excluding hydrogens is 433 g/mol. The second-order valence-corrected chi connectivity index (χ2v) is 7.63. The molecule has 3 N–H and O–H groups in total. The van der Waals surface area contributed by atoms with Gasteiger partial charge in [-0.25, -0.2) is 4.79 Å². The van der Waals surface area contributed by atoms with E-state index in [1.807, 2.05) is 0 Å².